The summed E-state index contributed by atoms with van der Waals surface area (Å²) in [6.07, 6.45) is 0. The van der Waals surface area contributed by atoms with Gasteiger partial charge in [-0.1, -0.05) is 0 Å². The highest BCUT2D eigenvalue weighted by Crippen LogP contribution is 2.30. The molecule has 0 heterocycles. The van der Waals surface area contributed by atoms with E-state index in [1.807, 2.05) is 0 Å². The summed E-state index contributed by atoms with van der Waals surface area (Å²) < 4.78 is 58.0. The first-order valence-corrected chi connectivity index (χ1v) is 6.89. The van der Waals surface area contributed by atoms with Crippen LogP contribution in [0.5, 0.6) is 0 Å². The Balaban J connectivity index is 3.39. The number of ketones is 1. The molecule has 0 aromatic heterocycles. The first kappa shape index (κ1) is 19.1. The second-order valence-electron chi connectivity index (χ2n) is 5.40. The van der Waals surface area contributed by atoms with E-state index in [9.17, 15) is 27.2 Å². The summed E-state index contributed by atoms with van der Waals surface area (Å²) in [4.78, 5) is 23.8. The van der Waals surface area contributed by atoms with Crippen LogP contribution in [0.1, 0.15) is 31.1 Å². The molecule has 0 aliphatic rings. The van der Waals surface area contributed by atoms with Crippen LogP contribution in [-0.4, -0.2) is 17.4 Å². The van der Waals surface area contributed by atoms with E-state index < -0.39 is 56.6 Å². The molecule has 9 heteroatoms. The molecule has 1 aromatic carbocycles. The van der Waals surface area contributed by atoms with Crippen molar-refractivity contribution in [1.29, 1.82) is 5.26 Å². The zero-order valence-electron chi connectivity index (χ0n) is 12.1. The Bertz CT molecular complexity index is 693. The van der Waals surface area contributed by atoms with Gasteiger partial charge in [-0.3, -0.25) is 9.59 Å². The number of hydrogen-bond donors (Lipinski definition) is 0. The van der Waals surface area contributed by atoms with Crippen molar-refractivity contribution in [3.63, 3.8) is 0 Å². The van der Waals surface area contributed by atoms with Gasteiger partial charge in [-0.15, -0.1) is 0 Å². The Morgan fingerprint density at radius 3 is 1.87 bits per heavy atom. The van der Waals surface area contributed by atoms with Crippen molar-refractivity contribution < 1.29 is 31.9 Å². The smallest absolute Gasteiger partial charge is 0.331 e. The maximum absolute atomic E-state index is 13.8. The van der Waals surface area contributed by atoms with Gasteiger partial charge in [-0.25, -0.2) is 17.6 Å². The zero-order valence-corrected chi connectivity index (χ0v) is 13.7. The fraction of sp³-hybridized carbons (Fsp3) is 0.357. The van der Waals surface area contributed by atoms with Crippen LogP contribution in [0, 0.1) is 40.5 Å². The summed E-state index contributed by atoms with van der Waals surface area (Å²) >= 11 is 2.29. The molecule has 23 heavy (non-hydrogen) atoms. The van der Waals surface area contributed by atoms with E-state index in [4.69, 9.17) is 10.00 Å². The number of rotatable bonds is 3. The maximum Gasteiger partial charge on any atom is 0.331 e. The topological polar surface area (TPSA) is 67.2 Å². The molecule has 0 aliphatic heterocycles. The van der Waals surface area contributed by atoms with Gasteiger partial charge in [-0.05, 0) is 36.7 Å². The van der Waals surface area contributed by atoms with Gasteiger partial charge < -0.3 is 4.74 Å². The molecule has 1 rings (SSSR count). The van der Waals surface area contributed by atoms with Crippen molar-refractivity contribution in [3.8, 4) is 6.07 Å². The Hall–Kier alpha value is -1.95. The molecule has 0 saturated carbocycles. The minimum Gasteiger partial charge on any atom is -0.459 e. The normalized spacial score (nSPS) is 12.5. The summed E-state index contributed by atoms with van der Waals surface area (Å²) in [5, 5.41) is 8.89. The molecular weight excluding hydrogens is 386 g/mol. The molecule has 0 radical (unpaired) electrons. The molecule has 0 bridgehead atoms. The van der Waals surface area contributed by atoms with Crippen LogP contribution in [0.2, 0.25) is 0 Å². The third kappa shape index (κ3) is 3.88. The lowest BCUT2D eigenvalue weighted by Crippen LogP contribution is -2.33. The standard InChI is InChI=1S/C14H10BrF4NO3/c1-14(2,3)23-13(22)5(4-20)12(21)6-8(16)10(18)7(15)11(19)9(6)17/h5H,1-3H3/t5-/m0/s1. The van der Waals surface area contributed by atoms with Crippen molar-refractivity contribution in [3.05, 3.63) is 33.3 Å². The number of carbonyl (C=O) groups is 2. The van der Waals surface area contributed by atoms with Gasteiger partial charge in [0.1, 0.15) is 5.60 Å². The lowest BCUT2D eigenvalue weighted by atomic mass is 9.97. The molecule has 1 atom stereocenters. The van der Waals surface area contributed by atoms with Crippen LogP contribution < -0.4 is 0 Å². The first-order valence-electron chi connectivity index (χ1n) is 6.10. The number of esters is 1. The van der Waals surface area contributed by atoms with Gasteiger partial charge in [0, 0.05) is 0 Å². The van der Waals surface area contributed by atoms with Crippen molar-refractivity contribution in [2.45, 2.75) is 26.4 Å². The number of nitriles is 1. The monoisotopic (exact) mass is 395 g/mol. The molecule has 0 aliphatic carbocycles. The zero-order chi connectivity index (χ0) is 18.1. The fourth-order valence-corrected chi connectivity index (χ4v) is 1.89. The number of hydrogen-bond acceptors (Lipinski definition) is 4. The predicted molar refractivity (Wildman–Crippen MR) is 73.3 cm³/mol. The van der Waals surface area contributed by atoms with Crippen LogP contribution in [0.3, 0.4) is 0 Å². The van der Waals surface area contributed by atoms with E-state index in [1.165, 1.54) is 26.8 Å². The largest absolute Gasteiger partial charge is 0.459 e. The number of benzene rings is 1. The van der Waals surface area contributed by atoms with Crippen molar-refractivity contribution in [1.82, 2.24) is 0 Å². The Kier molecular flexibility index (Phi) is 5.53. The van der Waals surface area contributed by atoms with E-state index in [1.54, 1.807) is 0 Å². The summed E-state index contributed by atoms with van der Waals surface area (Å²) in [5.74, 6) is -13.1. The van der Waals surface area contributed by atoms with Crippen molar-refractivity contribution in [2.24, 2.45) is 5.92 Å². The van der Waals surface area contributed by atoms with Crippen LogP contribution in [0.4, 0.5) is 17.6 Å². The third-order valence-electron chi connectivity index (χ3n) is 2.49. The third-order valence-corrected chi connectivity index (χ3v) is 3.19. The highest BCUT2D eigenvalue weighted by Gasteiger charge is 2.37. The summed E-state index contributed by atoms with van der Waals surface area (Å²) in [6, 6.07) is 1.22. The minimum absolute atomic E-state index is 1.08. The summed E-state index contributed by atoms with van der Waals surface area (Å²) in [7, 11) is 0. The maximum atomic E-state index is 13.8. The van der Waals surface area contributed by atoms with Gasteiger partial charge in [0.05, 0.1) is 16.1 Å². The molecule has 0 saturated heterocycles. The van der Waals surface area contributed by atoms with Gasteiger partial charge in [0.25, 0.3) is 0 Å². The quantitative estimate of drug-likeness (QED) is 0.195. The van der Waals surface area contributed by atoms with Crippen LogP contribution in [0.15, 0.2) is 4.47 Å². The molecule has 4 nitrogen and oxygen atoms in total. The average molecular weight is 396 g/mol. The SMILES string of the molecule is CC(C)(C)OC(=O)[C@@H](C#N)C(=O)c1c(F)c(F)c(Br)c(F)c1F. The molecule has 0 spiro atoms. The summed E-state index contributed by atoms with van der Waals surface area (Å²) in [5.41, 5.74) is -2.74. The number of Topliss-reactive ketones (excluding diaryl/α,β-unsaturated/α-hetero) is 1. The van der Waals surface area contributed by atoms with Gasteiger partial charge >= 0.3 is 5.97 Å². The molecule has 124 valence electrons. The van der Waals surface area contributed by atoms with Crippen LogP contribution in [-0.2, 0) is 9.53 Å². The molecule has 0 amide bonds. The molecular formula is C14H10BrF4NO3. The molecule has 0 unspecified atom stereocenters. The molecule has 0 N–H and O–H groups in total. The van der Waals surface area contributed by atoms with E-state index in [2.05, 4.69) is 15.9 Å². The predicted octanol–water partition coefficient (Wildman–Crippen LogP) is 3.67. The Labute approximate surface area is 137 Å². The van der Waals surface area contributed by atoms with E-state index >= 15 is 0 Å². The highest BCUT2D eigenvalue weighted by atomic mass is 79.9. The average Bonchev–Trinajstić information content (AvgIpc) is 2.42. The van der Waals surface area contributed by atoms with Gasteiger partial charge in [0.2, 0.25) is 5.92 Å². The second-order valence-corrected chi connectivity index (χ2v) is 6.20. The number of carbonyl (C=O) groups excluding carboxylic acids is 2. The number of halogens is 5. The van der Waals surface area contributed by atoms with Gasteiger partial charge in [0.15, 0.2) is 29.1 Å². The molecule has 0 fully saturated rings. The summed E-state index contributed by atoms with van der Waals surface area (Å²) in [6.45, 7) is 4.30. The van der Waals surface area contributed by atoms with Gasteiger partial charge in [-0.2, -0.15) is 5.26 Å². The van der Waals surface area contributed by atoms with E-state index in [0.29, 0.717) is 0 Å². The van der Waals surface area contributed by atoms with Crippen molar-refractivity contribution >= 4 is 27.7 Å². The van der Waals surface area contributed by atoms with Crippen LogP contribution in [0.25, 0.3) is 0 Å². The van der Waals surface area contributed by atoms with Crippen molar-refractivity contribution in [2.75, 3.05) is 0 Å². The Morgan fingerprint density at radius 1 is 1.09 bits per heavy atom. The lowest BCUT2D eigenvalue weighted by Gasteiger charge is -2.21. The fourth-order valence-electron chi connectivity index (χ4n) is 1.54. The van der Waals surface area contributed by atoms with E-state index in [0.717, 1.165) is 0 Å². The molecule has 1 aromatic rings. The van der Waals surface area contributed by atoms with Crippen LogP contribution >= 0.6 is 15.9 Å². The van der Waals surface area contributed by atoms with E-state index in [-0.39, 0.29) is 0 Å². The Morgan fingerprint density at radius 2 is 1.52 bits per heavy atom. The number of nitrogens with zero attached hydrogens (tertiary/aromatic N) is 1. The highest BCUT2D eigenvalue weighted by molar-refractivity contribution is 9.10. The first-order chi connectivity index (χ1) is 10.4. The lowest BCUT2D eigenvalue weighted by molar-refractivity contribution is -0.156. The number of ether oxygens (including phenoxy) is 1. The second kappa shape index (κ2) is 6.66. The minimum atomic E-state index is -2.27.